The lowest BCUT2D eigenvalue weighted by Crippen LogP contribution is -2.38. The van der Waals surface area contributed by atoms with Crippen LogP contribution in [0.15, 0.2) is 22.9 Å². The molecule has 0 aromatic carbocycles. The Morgan fingerprint density at radius 3 is 2.83 bits per heavy atom. The maximum absolute atomic E-state index is 12.2. The second kappa shape index (κ2) is 5.42. The molecule has 1 saturated heterocycles. The van der Waals surface area contributed by atoms with Crippen LogP contribution in [0.3, 0.4) is 0 Å². The quantitative estimate of drug-likeness (QED) is 0.854. The normalized spacial score (nSPS) is 15.9. The molecule has 0 unspecified atom stereocenters. The molecule has 0 radical (unpaired) electrons. The Bertz CT molecular complexity index is 529. The highest BCUT2D eigenvalue weighted by Crippen LogP contribution is 2.28. The average molecular weight is 296 g/mol. The van der Waals surface area contributed by atoms with E-state index in [0.29, 0.717) is 5.69 Å². The summed E-state index contributed by atoms with van der Waals surface area (Å²) in [6.45, 7) is 1.69. The van der Waals surface area contributed by atoms with Gasteiger partial charge in [0.25, 0.3) is 5.91 Å². The van der Waals surface area contributed by atoms with E-state index in [2.05, 4.69) is 4.98 Å². The van der Waals surface area contributed by atoms with Crippen LogP contribution in [0.2, 0.25) is 0 Å². The van der Waals surface area contributed by atoms with Gasteiger partial charge in [0.05, 0.1) is 4.88 Å². The van der Waals surface area contributed by atoms with Crippen molar-refractivity contribution in [1.29, 1.82) is 0 Å². The number of nitrogens with zero attached hydrogens (tertiary/aromatic N) is 2. The standard InChI is InChI=1S/C12H12N2OS3/c15-12(14-3-6-16-7-4-14)9-8-18-11(13-9)10-2-1-5-17-10/h1-2,5,8H,3-4,6-7H2. The topological polar surface area (TPSA) is 33.2 Å². The highest BCUT2D eigenvalue weighted by atomic mass is 32.2. The van der Waals surface area contributed by atoms with Gasteiger partial charge in [-0.15, -0.1) is 22.7 Å². The van der Waals surface area contributed by atoms with Crippen LogP contribution in [-0.2, 0) is 0 Å². The van der Waals surface area contributed by atoms with Crippen LogP contribution in [0.1, 0.15) is 10.5 Å². The first-order valence-corrected chi connectivity index (χ1v) is 8.62. The number of thioether (sulfide) groups is 1. The molecule has 1 amide bonds. The van der Waals surface area contributed by atoms with Crippen LogP contribution < -0.4 is 0 Å². The minimum Gasteiger partial charge on any atom is -0.336 e. The third kappa shape index (κ3) is 2.46. The molecular weight excluding hydrogens is 284 g/mol. The summed E-state index contributed by atoms with van der Waals surface area (Å²) in [6, 6.07) is 4.04. The van der Waals surface area contributed by atoms with Gasteiger partial charge in [0.2, 0.25) is 0 Å². The third-order valence-electron chi connectivity index (χ3n) is 2.75. The van der Waals surface area contributed by atoms with Crippen molar-refractivity contribution in [2.75, 3.05) is 24.6 Å². The molecule has 18 heavy (non-hydrogen) atoms. The molecule has 3 nitrogen and oxygen atoms in total. The Kier molecular flexibility index (Phi) is 3.67. The zero-order valence-corrected chi connectivity index (χ0v) is 12.1. The van der Waals surface area contributed by atoms with Crippen molar-refractivity contribution < 1.29 is 4.79 Å². The highest BCUT2D eigenvalue weighted by molar-refractivity contribution is 7.99. The summed E-state index contributed by atoms with van der Waals surface area (Å²) in [7, 11) is 0. The second-order valence-electron chi connectivity index (χ2n) is 3.92. The van der Waals surface area contributed by atoms with Crippen molar-refractivity contribution in [3.63, 3.8) is 0 Å². The van der Waals surface area contributed by atoms with Gasteiger partial charge in [0, 0.05) is 30.0 Å². The SMILES string of the molecule is O=C(c1csc(-c2cccs2)n1)N1CCSCC1. The summed E-state index contributed by atoms with van der Waals surface area (Å²) in [5.74, 6) is 2.15. The zero-order valence-electron chi connectivity index (χ0n) is 9.67. The molecule has 0 bridgehead atoms. The smallest absolute Gasteiger partial charge is 0.273 e. The Balaban J connectivity index is 1.78. The number of aromatic nitrogens is 1. The predicted octanol–water partition coefficient (Wildman–Crippen LogP) is 3.06. The number of rotatable bonds is 2. The van der Waals surface area contributed by atoms with E-state index >= 15 is 0 Å². The molecule has 0 saturated carbocycles. The van der Waals surface area contributed by atoms with E-state index in [4.69, 9.17) is 0 Å². The van der Waals surface area contributed by atoms with Gasteiger partial charge in [-0.1, -0.05) is 6.07 Å². The zero-order chi connectivity index (χ0) is 12.4. The van der Waals surface area contributed by atoms with E-state index in [1.54, 1.807) is 22.7 Å². The summed E-state index contributed by atoms with van der Waals surface area (Å²) in [5, 5.41) is 4.85. The number of hydrogen-bond acceptors (Lipinski definition) is 5. The first-order valence-electron chi connectivity index (χ1n) is 5.71. The van der Waals surface area contributed by atoms with Crippen molar-refractivity contribution in [2.45, 2.75) is 0 Å². The minimum atomic E-state index is 0.0781. The molecule has 3 rings (SSSR count). The first-order chi connectivity index (χ1) is 8.84. The van der Waals surface area contributed by atoms with Crippen molar-refractivity contribution in [1.82, 2.24) is 9.88 Å². The molecular formula is C12H12N2OS3. The van der Waals surface area contributed by atoms with Gasteiger partial charge in [-0.05, 0) is 11.4 Å². The van der Waals surface area contributed by atoms with E-state index < -0.39 is 0 Å². The van der Waals surface area contributed by atoms with Crippen LogP contribution in [0.25, 0.3) is 9.88 Å². The lowest BCUT2D eigenvalue weighted by molar-refractivity contribution is 0.0767. The molecule has 0 N–H and O–H groups in total. The number of carbonyl (C=O) groups is 1. The van der Waals surface area contributed by atoms with Crippen molar-refractivity contribution in [2.24, 2.45) is 0 Å². The fourth-order valence-corrected chi connectivity index (χ4v) is 4.32. The molecule has 0 spiro atoms. The Morgan fingerprint density at radius 1 is 1.28 bits per heavy atom. The van der Waals surface area contributed by atoms with Gasteiger partial charge in [-0.2, -0.15) is 11.8 Å². The maximum Gasteiger partial charge on any atom is 0.273 e. The number of thiazole rings is 1. The van der Waals surface area contributed by atoms with E-state index in [0.717, 1.165) is 34.5 Å². The molecule has 2 aromatic rings. The van der Waals surface area contributed by atoms with Crippen LogP contribution in [0, 0.1) is 0 Å². The monoisotopic (exact) mass is 296 g/mol. The molecule has 2 aromatic heterocycles. The Labute approximate surface area is 118 Å². The van der Waals surface area contributed by atoms with Crippen LogP contribution in [0.5, 0.6) is 0 Å². The average Bonchev–Trinajstić information content (AvgIpc) is 3.09. The lowest BCUT2D eigenvalue weighted by atomic mass is 10.4. The lowest BCUT2D eigenvalue weighted by Gasteiger charge is -2.25. The van der Waals surface area contributed by atoms with Crippen molar-refractivity contribution >= 4 is 40.3 Å². The van der Waals surface area contributed by atoms with E-state index in [-0.39, 0.29) is 5.91 Å². The first kappa shape index (κ1) is 12.2. The fraction of sp³-hybridized carbons (Fsp3) is 0.333. The van der Waals surface area contributed by atoms with Gasteiger partial charge >= 0.3 is 0 Å². The van der Waals surface area contributed by atoms with E-state index in [1.807, 2.05) is 39.6 Å². The van der Waals surface area contributed by atoms with Gasteiger partial charge in [0.15, 0.2) is 0 Å². The van der Waals surface area contributed by atoms with E-state index in [9.17, 15) is 4.79 Å². The number of amides is 1. The minimum absolute atomic E-state index is 0.0781. The molecule has 1 aliphatic heterocycles. The summed E-state index contributed by atoms with van der Waals surface area (Å²) in [4.78, 5) is 19.7. The van der Waals surface area contributed by atoms with Gasteiger partial charge in [0.1, 0.15) is 10.7 Å². The molecule has 0 aliphatic carbocycles. The number of thiophene rings is 1. The number of hydrogen-bond donors (Lipinski definition) is 0. The van der Waals surface area contributed by atoms with E-state index in [1.165, 1.54) is 0 Å². The van der Waals surface area contributed by atoms with Crippen molar-refractivity contribution in [3.05, 3.63) is 28.6 Å². The summed E-state index contributed by atoms with van der Waals surface area (Å²) >= 11 is 5.11. The van der Waals surface area contributed by atoms with Crippen LogP contribution >= 0.6 is 34.4 Å². The summed E-state index contributed by atoms with van der Waals surface area (Å²) < 4.78 is 0. The maximum atomic E-state index is 12.2. The Morgan fingerprint density at radius 2 is 2.11 bits per heavy atom. The summed E-state index contributed by atoms with van der Waals surface area (Å²) in [6.07, 6.45) is 0. The molecule has 6 heteroatoms. The number of carbonyl (C=O) groups excluding carboxylic acids is 1. The molecule has 1 fully saturated rings. The molecule has 0 atom stereocenters. The molecule has 94 valence electrons. The largest absolute Gasteiger partial charge is 0.336 e. The molecule has 1 aliphatic rings. The predicted molar refractivity (Wildman–Crippen MR) is 78.7 cm³/mol. The highest BCUT2D eigenvalue weighted by Gasteiger charge is 2.21. The fourth-order valence-electron chi connectivity index (χ4n) is 1.81. The molecule has 3 heterocycles. The van der Waals surface area contributed by atoms with Crippen LogP contribution in [0.4, 0.5) is 0 Å². The van der Waals surface area contributed by atoms with Gasteiger partial charge in [-0.3, -0.25) is 4.79 Å². The van der Waals surface area contributed by atoms with Crippen molar-refractivity contribution in [3.8, 4) is 9.88 Å². The third-order valence-corrected chi connectivity index (χ3v) is 5.58. The Hall–Kier alpha value is -0.850. The second-order valence-corrected chi connectivity index (χ2v) is 6.95. The van der Waals surface area contributed by atoms with Crippen LogP contribution in [-0.4, -0.2) is 40.4 Å². The van der Waals surface area contributed by atoms with Gasteiger partial charge in [-0.25, -0.2) is 4.98 Å². The summed E-state index contributed by atoms with van der Waals surface area (Å²) in [5.41, 5.74) is 0.593. The van der Waals surface area contributed by atoms with Gasteiger partial charge < -0.3 is 4.90 Å².